The fourth-order valence-electron chi connectivity index (χ4n) is 2.63. The molecule has 2 N–H and O–H groups in total. The highest BCUT2D eigenvalue weighted by atomic mass is 14.9. The van der Waals surface area contributed by atoms with Gasteiger partial charge in [-0.1, -0.05) is 54.0 Å². The molecule has 0 atom stereocenters. The molecule has 1 heteroatoms. The third kappa shape index (κ3) is 7.23. The van der Waals surface area contributed by atoms with Crippen molar-refractivity contribution in [2.24, 2.45) is 0 Å². The summed E-state index contributed by atoms with van der Waals surface area (Å²) in [6.45, 7) is 14.9. The Morgan fingerprint density at radius 3 is 1.83 bits per heavy atom. The molecule has 0 amide bonds. The first-order valence-electron chi connectivity index (χ1n) is 9.07. The van der Waals surface area contributed by atoms with Crippen LogP contribution in [-0.4, -0.2) is 6.54 Å². The monoisotopic (exact) mass is 314 g/mol. The van der Waals surface area contributed by atoms with E-state index < -0.39 is 0 Å². The van der Waals surface area contributed by atoms with Crippen LogP contribution in [0, 0.1) is 12.3 Å². The molecule has 128 valence electrons. The summed E-state index contributed by atoms with van der Waals surface area (Å²) >= 11 is 0. The molecule has 0 bridgehead atoms. The lowest BCUT2D eigenvalue weighted by Crippen LogP contribution is -2.78. The summed E-state index contributed by atoms with van der Waals surface area (Å²) in [4.78, 5) is 0. The van der Waals surface area contributed by atoms with Gasteiger partial charge in [-0.15, -0.1) is 12.3 Å². The molecular formula is C22H36N+. The quantitative estimate of drug-likeness (QED) is 0.411. The number of nitrogens with two attached hydrogens (primary N) is 1. The van der Waals surface area contributed by atoms with Crippen LogP contribution >= 0.6 is 0 Å². The van der Waals surface area contributed by atoms with Crippen LogP contribution in [0.4, 0.5) is 5.69 Å². The van der Waals surface area contributed by atoms with Crippen LogP contribution in [0.25, 0.3) is 0 Å². The lowest BCUT2D eigenvalue weighted by Gasteiger charge is -2.25. The van der Waals surface area contributed by atoms with Gasteiger partial charge in [0.1, 0.15) is 5.69 Å². The Hall–Kier alpha value is -1.26. The number of quaternary nitrogens is 1. The molecule has 0 aromatic heterocycles. The predicted octanol–water partition coefficient (Wildman–Crippen LogP) is 5.06. The number of hydrogen-bond donors (Lipinski definition) is 1. The van der Waals surface area contributed by atoms with E-state index in [1.54, 1.807) is 0 Å². The largest absolute Gasteiger partial charge is 0.314 e. The first-order chi connectivity index (χ1) is 10.6. The average Bonchev–Trinajstić information content (AvgIpc) is 2.44. The first-order valence-corrected chi connectivity index (χ1v) is 9.07. The molecule has 0 radical (unpaired) electrons. The molecule has 1 aromatic carbocycles. The van der Waals surface area contributed by atoms with Crippen molar-refractivity contribution in [3.05, 3.63) is 29.3 Å². The van der Waals surface area contributed by atoms with E-state index in [1.165, 1.54) is 42.5 Å². The Balaban J connectivity index is 2.69. The van der Waals surface area contributed by atoms with E-state index in [1.807, 2.05) is 0 Å². The van der Waals surface area contributed by atoms with Crippen molar-refractivity contribution in [1.82, 2.24) is 0 Å². The van der Waals surface area contributed by atoms with Crippen LogP contribution in [-0.2, 0) is 10.8 Å². The molecule has 0 unspecified atom stereocenters. The Morgan fingerprint density at radius 2 is 1.35 bits per heavy atom. The minimum Gasteiger partial charge on any atom is -0.314 e. The molecule has 1 rings (SSSR count). The molecule has 0 saturated heterocycles. The number of rotatable bonds is 7. The van der Waals surface area contributed by atoms with E-state index in [0.29, 0.717) is 0 Å². The highest BCUT2D eigenvalue weighted by molar-refractivity contribution is 5.43. The molecule has 0 aliphatic heterocycles. The molecule has 0 saturated carbocycles. The van der Waals surface area contributed by atoms with Gasteiger partial charge in [0.25, 0.3) is 0 Å². The van der Waals surface area contributed by atoms with E-state index >= 15 is 0 Å². The maximum atomic E-state index is 5.29. The summed E-state index contributed by atoms with van der Waals surface area (Å²) in [7, 11) is 0. The van der Waals surface area contributed by atoms with Crippen LogP contribution < -0.4 is 5.32 Å². The normalized spacial score (nSPS) is 12.2. The van der Waals surface area contributed by atoms with Crippen molar-refractivity contribution >= 4 is 5.69 Å². The maximum absolute atomic E-state index is 5.29. The molecule has 0 spiro atoms. The summed E-state index contributed by atoms with van der Waals surface area (Å²) in [5, 5.41) is 2.41. The Labute approximate surface area is 144 Å². The molecule has 1 aromatic rings. The minimum absolute atomic E-state index is 0.194. The van der Waals surface area contributed by atoms with Crippen LogP contribution in [0.1, 0.15) is 84.8 Å². The summed E-state index contributed by atoms with van der Waals surface area (Å²) in [5.41, 5.74) is 4.64. The Morgan fingerprint density at radius 1 is 0.826 bits per heavy atom. The molecule has 0 fully saturated rings. The number of hydrogen-bond acceptors (Lipinski definition) is 0. The number of terminal acetylenes is 1. The van der Waals surface area contributed by atoms with Crippen LogP contribution in [0.15, 0.2) is 18.2 Å². The number of unbranched alkanes of at least 4 members (excludes halogenated alkanes) is 4. The Bertz CT molecular complexity index is 488. The van der Waals surface area contributed by atoms with Gasteiger partial charge >= 0.3 is 0 Å². The zero-order valence-electron chi connectivity index (χ0n) is 16.1. The second kappa shape index (κ2) is 8.55. The van der Waals surface area contributed by atoms with Crippen LogP contribution in [0.3, 0.4) is 0 Å². The lowest BCUT2D eigenvalue weighted by atomic mass is 9.80. The third-order valence-electron chi connectivity index (χ3n) is 4.34. The second-order valence-corrected chi connectivity index (χ2v) is 8.70. The molecule has 0 aliphatic rings. The first kappa shape index (κ1) is 19.8. The third-order valence-corrected chi connectivity index (χ3v) is 4.34. The van der Waals surface area contributed by atoms with Crippen molar-refractivity contribution in [2.45, 2.75) is 84.5 Å². The molecule has 1 nitrogen and oxygen atoms in total. The van der Waals surface area contributed by atoms with E-state index in [2.05, 4.69) is 71.0 Å². The molecule has 0 aliphatic carbocycles. The lowest BCUT2D eigenvalue weighted by molar-refractivity contribution is -0.572. The van der Waals surface area contributed by atoms with Gasteiger partial charge in [0, 0.05) is 18.6 Å². The second-order valence-electron chi connectivity index (χ2n) is 8.70. The molecule has 0 heterocycles. The maximum Gasteiger partial charge on any atom is 0.130 e. The fourth-order valence-corrected chi connectivity index (χ4v) is 2.63. The summed E-state index contributed by atoms with van der Waals surface area (Å²) in [5.74, 6) is 2.72. The Kier molecular flexibility index (Phi) is 7.36. The van der Waals surface area contributed by atoms with Crippen molar-refractivity contribution in [2.75, 3.05) is 6.54 Å². The SMILES string of the molecule is C#CCCCCCC[NH2+]c1cc(C(C)(C)C)cc(C(C)(C)C)c1. The van der Waals surface area contributed by atoms with Gasteiger partial charge in [-0.3, -0.25) is 0 Å². The van der Waals surface area contributed by atoms with Gasteiger partial charge in [0.15, 0.2) is 0 Å². The van der Waals surface area contributed by atoms with E-state index in [-0.39, 0.29) is 10.8 Å². The summed E-state index contributed by atoms with van der Waals surface area (Å²) < 4.78 is 0. The summed E-state index contributed by atoms with van der Waals surface area (Å²) in [6.07, 6.45) is 11.2. The van der Waals surface area contributed by atoms with Crippen molar-refractivity contribution in [3.8, 4) is 12.3 Å². The summed E-state index contributed by atoms with van der Waals surface area (Å²) in [6, 6.07) is 7.12. The van der Waals surface area contributed by atoms with Gasteiger partial charge in [-0.2, -0.15) is 0 Å². The highest BCUT2D eigenvalue weighted by Gasteiger charge is 2.21. The molecule has 23 heavy (non-hydrogen) atoms. The standard InChI is InChI=1S/C22H35N/c1-8-9-10-11-12-13-14-23-20-16-18(21(2,3)4)15-19(17-20)22(5,6)7/h1,15-17,23H,9-14H2,2-7H3/p+1. The number of benzene rings is 1. The van der Waals surface area contributed by atoms with Crippen molar-refractivity contribution in [3.63, 3.8) is 0 Å². The average molecular weight is 315 g/mol. The van der Waals surface area contributed by atoms with Gasteiger partial charge in [-0.25, -0.2) is 0 Å². The van der Waals surface area contributed by atoms with Gasteiger partial charge in [0.2, 0.25) is 0 Å². The van der Waals surface area contributed by atoms with Gasteiger partial charge in [-0.05, 0) is 41.2 Å². The predicted molar refractivity (Wildman–Crippen MR) is 102 cm³/mol. The highest BCUT2D eigenvalue weighted by Crippen LogP contribution is 2.30. The van der Waals surface area contributed by atoms with E-state index in [4.69, 9.17) is 6.42 Å². The zero-order chi connectivity index (χ0) is 17.5. The van der Waals surface area contributed by atoms with E-state index in [9.17, 15) is 0 Å². The topological polar surface area (TPSA) is 16.6 Å². The minimum atomic E-state index is 0.194. The van der Waals surface area contributed by atoms with Gasteiger partial charge < -0.3 is 5.32 Å². The van der Waals surface area contributed by atoms with Crippen LogP contribution in [0.2, 0.25) is 0 Å². The smallest absolute Gasteiger partial charge is 0.130 e. The van der Waals surface area contributed by atoms with Gasteiger partial charge in [0.05, 0.1) is 6.54 Å². The zero-order valence-corrected chi connectivity index (χ0v) is 16.1. The van der Waals surface area contributed by atoms with E-state index in [0.717, 1.165) is 13.0 Å². The molecular weight excluding hydrogens is 278 g/mol. The fraction of sp³-hybridized carbons (Fsp3) is 0.636. The van der Waals surface area contributed by atoms with Crippen LogP contribution in [0.5, 0.6) is 0 Å². The van der Waals surface area contributed by atoms with Crippen molar-refractivity contribution < 1.29 is 5.32 Å². The van der Waals surface area contributed by atoms with Crippen molar-refractivity contribution in [1.29, 1.82) is 0 Å².